The maximum absolute atomic E-state index is 13.4. The number of benzene rings is 2. The van der Waals surface area contributed by atoms with E-state index >= 15 is 0 Å². The Hall–Kier alpha value is -3.85. The van der Waals surface area contributed by atoms with Crippen LogP contribution in [0.5, 0.6) is 17.2 Å². The lowest BCUT2D eigenvalue weighted by Gasteiger charge is -2.25. The Bertz CT molecular complexity index is 1220. The van der Waals surface area contributed by atoms with Gasteiger partial charge >= 0.3 is 0 Å². The predicted molar refractivity (Wildman–Crippen MR) is 135 cm³/mol. The second-order valence-electron chi connectivity index (χ2n) is 7.98. The van der Waals surface area contributed by atoms with Gasteiger partial charge in [0.1, 0.15) is 23.8 Å². The van der Waals surface area contributed by atoms with E-state index in [2.05, 4.69) is 0 Å². The lowest BCUT2D eigenvalue weighted by atomic mass is 9.97. The molecule has 0 unspecified atom stereocenters. The average molecular weight is 494 g/mol. The van der Waals surface area contributed by atoms with Crippen molar-refractivity contribution in [3.63, 3.8) is 0 Å². The van der Waals surface area contributed by atoms with E-state index < -0.39 is 0 Å². The standard InChI is InChI=1S/C26H27N3O5S/c1-28(26(31)24-6-5-13-35-24)16-25(30)29-22(17-7-9-18(32-2)10-8-17)15-21(27-29)20-12-11-19(33-3)14-23(20)34-4/h5-14,22H,15-16H2,1-4H3/t22-/m1/s1. The monoisotopic (exact) mass is 493 g/mol. The third-order valence-corrected chi connectivity index (χ3v) is 6.70. The van der Waals surface area contributed by atoms with Crippen molar-refractivity contribution in [3.05, 3.63) is 76.0 Å². The Labute approximate surface area is 208 Å². The number of amides is 2. The predicted octanol–water partition coefficient (Wildman–Crippen LogP) is 4.22. The number of hydrogen-bond donors (Lipinski definition) is 0. The maximum atomic E-state index is 13.4. The molecule has 0 saturated carbocycles. The zero-order chi connectivity index (χ0) is 24.9. The molecule has 2 heterocycles. The van der Waals surface area contributed by atoms with Crippen molar-refractivity contribution in [2.45, 2.75) is 12.5 Å². The SMILES string of the molecule is COc1ccc([C@H]2CC(c3ccc(OC)cc3OC)=NN2C(=O)CN(C)C(=O)c2cccs2)cc1. The summed E-state index contributed by atoms with van der Waals surface area (Å²) in [4.78, 5) is 28.1. The Morgan fingerprint density at radius 3 is 2.37 bits per heavy atom. The number of ether oxygens (including phenoxy) is 3. The first-order valence-corrected chi connectivity index (χ1v) is 11.9. The summed E-state index contributed by atoms with van der Waals surface area (Å²) in [5.74, 6) is 1.52. The largest absolute Gasteiger partial charge is 0.497 e. The Morgan fingerprint density at radius 1 is 1.03 bits per heavy atom. The number of likely N-dealkylation sites (N-methyl/N-ethyl adjacent to an activating group) is 1. The highest BCUT2D eigenvalue weighted by Gasteiger charge is 2.35. The minimum Gasteiger partial charge on any atom is -0.497 e. The molecule has 1 aromatic heterocycles. The first-order valence-electron chi connectivity index (χ1n) is 11.0. The summed E-state index contributed by atoms with van der Waals surface area (Å²) in [7, 11) is 6.41. The van der Waals surface area contributed by atoms with Gasteiger partial charge < -0.3 is 19.1 Å². The van der Waals surface area contributed by atoms with Crippen molar-refractivity contribution in [2.75, 3.05) is 34.9 Å². The summed E-state index contributed by atoms with van der Waals surface area (Å²) in [5.41, 5.74) is 2.41. The van der Waals surface area contributed by atoms with E-state index in [-0.39, 0.29) is 24.4 Å². The highest BCUT2D eigenvalue weighted by molar-refractivity contribution is 7.12. The highest BCUT2D eigenvalue weighted by atomic mass is 32.1. The molecule has 0 bridgehead atoms. The van der Waals surface area contributed by atoms with Crippen LogP contribution in [0.4, 0.5) is 0 Å². The molecule has 4 rings (SSSR count). The van der Waals surface area contributed by atoms with Crippen LogP contribution in [-0.2, 0) is 4.79 Å². The molecule has 9 heteroatoms. The van der Waals surface area contributed by atoms with Gasteiger partial charge in [0.25, 0.3) is 11.8 Å². The van der Waals surface area contributed by atoms with Gasteiger partial charge in [0, 0.05) is 25.1 Å². The lowest BCUT2D eigenvalue weighted by Crippen LogP contribution is -2.39. The van der Waals surface area contributed by atoms with E-state index in [1.807, 2.05) is 47.8 Å². The Balaban J connectivity index is 1.64. The number of carbonyl (C=O) groups is 2. The minimum absolute atomic E-state index is 0.0973. The van der Waals surface area contributed by atoms with Crippen LogP contribution in [0.3, 0.4) is 0 Å². The third-order valence-electron chi connectivity index (χ3n) is 5.84. The lowest BCUT2D eigenvalue weighted by molar-refractivity contribution is -0.133. The normalized spacial score (nSPS) is 14.9. The quantitative estimate of drug-likeness (QED) is 0.469. The Kier molecular flexibility index (Phi) is 7.36. The number of methoxy groups -OCH3 is 3. The van der Waals surface area contributed by atoms with Crippen molar-refractivity contribution in [1.29, 1.82) is 0 Å². The van der Waals surface area contributed by atoms with Crippen LogP contribution in [-0.4, -0.2) is 62.4 Å². The van der Waals surface area contributed by atoms with Crippen molar-refractivity contribution >= 4 is 28.9 Å². The fourth-order valence-electron chi connectivity index (χ4n) is 3.96. The van der Waals surface area contributed by atoms with Crippen LogP contribution >= 0.6 is 11.3 Å². The van der Waals surface area contributed by atoms with Crippen molar-refractivity contribution in [3.8, 4) is 17.2 Å². The summed E-state index contributed by atoms with van der Waals surface area (Å²) in [6, 6.07) is 16.3. The minimum atomic E-state index is -0.333. The molecule has 0 N–H and O–H groups in total. The van der Waals surface area contributed by atoms with E-state index in [4.69, 9.17) is 19.3 Å². The molecule has 182 valence electrons. The maximum Gasteiger partial charge on any atom is 0.264 e. The van der Waals surface area contributed by atoms with E-state index in [9.17, 15) is 9.59 Å². The number of hydrazone groups is 1. The van der Waals surface area contributed by atoms with Gasteiger partial charge in [-0.15, -0.1) is 11.3 Å². The summed E-state index contributed by atoms with van der Waals surface area (Å²) < 4.78 is 16.2. The van der Waals surface area contributed by atoms with Crippen LogP contribution in [0, 0.1) is 0 Å². The third kappa shape index (κ3) is 5.14. The number of thiophene rings is 1. The molecule has 0 aliphatic carbocycles. The van der Waals surface area contributed by atoms with E-state index in [1.54, 1.807) is 40.5 Å². The topological polar surface area (TPSA) is 80.7 Å². The summed E-state index contributed by atoms with van der Waals surface area (Å²) >= 11 is 1.34. The second-order valence-corrected chi connectivity index (χ2v) is 8.93. The molecule has 1 aliphatic rings. The average Bonchev–Trinajstić information content (AvgIpc) is 3.58. The first kappa shape index (κ1) is 24.3. The zero-order valence-electron chi connectivity index (χ0n) is 20.1. The van der Waals surface area contributed by atoms with Gasteiger partial charge in [-0.2, -0.15) is 5.10 Å². The van der Waals surface area contributed by atoms with E-state index in [1.165, 1.54) is 21.2 Å². The van der Waals surface area contributed by atoms with Crippen LogP contribution < -0.4 is 14.2 Å². The van der Waals surface area contributed by atoms with Crippen molar-refractivity contribution in [1.82, 2.24) is 9.91 Å². The summed E-state index contributed by atoms with van der Waals surface area (Å²) in [6.07, 6.45) is 0.489. The van der Waals surface area contributed by atoms with Crippen LogP contribution in [0.1, 0.15) is 33.3 Å². The highest BCUT2D eigenvalue weighted by Crippen LogP contribution is 2.36. The molecule has 0 spiro atoms. The van der Waals surface area contributed by atoms with Gasteiger partial charge in [-0.25, -0.2) is 5.01 Å². The van der Waals surface area contributed by atoms with Crippen molar-refractivity contribution in [2.24, 2.45) is 5.10 Å². The fourth-order valence-corrected chi connectivity index (χ4v) is 4.68. The van der Waals surface area contributed by atoms with Gasteiger partial charge in [-0.3, -0.25) is 9.59 Å². The molecule has 2 amide bonds. The molecule has 3 aromatic rings. The molecule has 35 heavy (non-hydrogen) atoms. The van der Waals surface area contributed by atoms with Gasteiger partial charge in [0.15, 0.2) is 0 Å². The van der Waals surface area contributed by atoms with Crippen molar-refractivity contribution < 1.29 is 23.8 Å². The van der Waals surface area contributed by atoms with Crippen LogP contribution in [0.25, 0.3) is 0 Å². The van der Waals surface area contributed by atoms with Gasteiger partial charge in [0.2, 0.25) is 0 Å². The fraction of sp³-hybridized carbons (Fsp3) is 0.269. The second kappa shape index (κ2) is 10.6. The van der Waals surface area contributed by atoms with Gasteiger partial charge in [-0.05, 0) is 41.3 Å². The first-order chi connectivity index (χ1) is 16.9. The van der Waals surface area contributed by atoms with E-state index in [0.29, 0.717) is 28.5 Å². The summed E-state index contributed by atoms with van der Waals surface area (Å²) in [6.45, 7) is -0.0973. The Morgan fingerprint density at radius 2 is 1.74 bits per heavy atom. The number of nitrogens with zero attached hydrogens (tertiary/aromatic N) is 3. The molecular weight excluding hydrogens is 466 g/mol. The van der Waals surface area contributed by atoms with Gasteiger partial charge in [-0.1, -0.05) is 18.2 Å². The molecule has 1 atom stereocenters. The zero-order valence-corrected chi connectivity index (χ0v) is 20.9. The molecule has 0 saturated heterocycles. The molecule has 0 radical (unpaired) electrons. The van der Waals surface area contributed by atoms with Crippen LogP contribution in [0.15, 0.2) is 65.1 Å². The number of carbonyl (C=O) groups excluding carboxylic acids is 2. The summed E-state index contributed by atoms with van der Waals surface area (Å²) in [5, 5.41) is 8.02. The number of rotatable bonds is 8. The molecule has 8 nitrogen and oxygen atoms in total. The smallest absolute Gasteiger partial charge is 0.264 e. The van der Waals surface area contributed by atoms with Crippen LogP contribution in [0.2, 0.25) is 0 Å². The molecule has 0 fully saturated rings. The van der Waals surface area contributed by atoms with E-state index in [0.717, 1.165) is 16.9 Å². The molecular formula is C26H27N3O5S. The molecule has 1 aliphatic heterocycles. The van der Waals surface area contributed by atoms with Gasteiger partial charge in [0.05, 0.1) is 38.0 Å². The number of hydrogen-bond acceptors (Lipinski definition) is 7. The molecule has 2 aromatic carbocycles.